The molecule has 1 unspecified atom stereocenters. The molecular formula is C12H24O5. The van der Waals surface area contributed by atoms with Crippen molar-refractivity contribution in [2.45, 2.75) is 65.8 Å². The predicted octanol–water partition coefficient (Wildman–Crippen LogP) is 3.58. The zero-order valence-corrected chi connectivity index (χ0v) is 11.4. The molecule has 0 aliphatic heterocycles. The molecule has 5 nitrogen and oxygen atoms in total. The average molecular weight is 248 g/mol. The Kier molecular flexibility index (Phi) is 7.15. The number of unbranched alkanes of at least 4 members (excludes halogenated alkanes) is 1. The van der Waals surface area contributed by atoms with Crippen LogP contribution in [0.5, 0.6) is 0 Å². The first-order chi connectivity index (χ1) is 7.78. The number of rotatable bonds is 8. The van der Waals surface area contributed by atoms with Crippen molar-refractivity contribution in [1.82, 2.24) is 0 Å². The molecule has 0 fully saturated rings. The highest BCUT2D eigenvalue weighted by atomic mass is 17.2. The van der Waals surface area contributed by atoms with Gasteiger partial charge >= 0.3 is 6.16 Å². The number of carboxylic acid groups (broad SMARTS) is 1. The Bertz CT molecular complexity index is 225. The second-order valence-electron chi connectivity index (χ2n) is 5.04. The summed E-state index contributed by atoms with van der Waals surface area (Å²) in [7, 11) is 0. The van der Waals surface area contributed by atoms with Gasteiger partial charge in [0.2, 0.25) is 6.29 Å². The van der Waals surface area contributed by atoms with E-state index in [-0.39, 0.29) is 5.92 Å². The highest BCUT2D eigenvalue weighted by molar-refractivity contribution is 5.56. The molecule has 0 radical (unpaired) electrons. The third kappa shape index (κ3) is 7.99. The Morgan fingerprint density at radius 3 is 2.35 bits per heavy atom. The maximum Gasteiger partial charge on any atom is 0.508 e. The van der Waals surface area contributed by atoms with Crippen LogP contribution in [-0.4, -0.2) is 23.2 Å². The highest BCUT2D eigenvalue weighted by Crippen LogP contribution is 2.20. The smallest absolute Gasteiger partial charge is 0.450 e. The van der Waals surface area contributed by atoms with Crippen molar-refractivity contribution >= 4 is 6.16 Å². The molecule has 0 aromatic rings. The molecule has 0 aliphatic rings. The van der Waals surface area contributed by atoms with E-state index >= 15 is 0 Å². The summed E-state index contributed by atoms with van der Waals surface area (Å²) in [5.41, 5.74) is -0.439. The van der Waals surface area contributed by atoms with Crippen LogP contribution in [-0.2, 0) is 14.5 Å². The number of carbonyl (C=O) groups is 1. The van der Waals surface area contributed by atoms with E-state index in [1.54, 1.807) is 13.8 Å². The lowest BCUT2D eigenvalue weighted by molar-refractivity contribution is -0.420. The van der Waals surface area contributed by atoms with Gasteiger partial charge in [-0.1, -0.05) is 33.6 Å². The van der Waals surface area contributed by atoms with Gasteiger partial charge in [-0.05, 0) is 20.3 Å². The lowest BCUT2D eigenvalue weighted by Crippen LogP contribution is -2.32. The zero-order valence-electron chi connectivity index (χ0n) is 11.4. The van der Waals surface area contributed by atoms with Gasteiger partial charge in [-0.15, -0.1) is 0 Å². The lowest BCUT2D eigenvalue weighted by Gasteiger charge is -2.27. The van der Waals surface area contributed by atoms with E-state index in [0.717, 1.165) is 19.3 Å². The molecule has 1 atom stereocenters. The molecule has 0 bridgehead atoms. The summed E-state index contributed by atoms with van der Waals surface area (Å²) in [5, 5.41) is 8.55. The Morgan fingerprint density at radius 2 is 1.94 bits per heavy atom. The summed E-state index contributed by atoms with van der Waals surface area (Å²) in [5.74, 6) is -0.104. The van der Waals surface area contributed by atoms with Gasteiger partial charge in [0.15, 0.2) is 0 Å². The quantitative estimate of drug-likeness (QED) is 0.308. The predicted molar refractivity (Wildman–Crippen MR) is 63.5 cm³/mol. The summed E-state index contributed by atoms with van der Waals surface area (Å²) in [6.07, 6.45) is 0.697. The second kappa shape index (κ2) is 7.50. The average Bonchev–Trinajstić information content (AvgIpc) is 2.20. The highest BCUT2D eigenvalue weighted by Gasteiger charge is 2.25. The Balaban J connectivity index is 4.14. The molecule has 0 aromatic heterocycles. The van der Waals surface area contributed by atoms with Gasteiger partial charge in [0, 0.05) is 5.92 Å². The SMILES string of the molecule is CCCCC(C)(C)OOC(OC(=O)O)C(C)C. The molecule has 0 aliphatic carbocycles. The third-order valence-corrected chi connectivity index (χ3v) is 2.26. The van der Waals surface area contributed by atoms with E-state index in [9.17, 15) is 4.79 Å². The maximum absolute atomic E-state index is 10.5. The van der Waals surface area contributed by atoms with Crippen LogP contribution in [0, 0.1) is 5.92 Å². The second-order valence-corrected chi connectivity index (χ2v) is 5.04. The zero-order chi connectivity index (χ0) is 13.5. The van der Waals surface area contributed by atoms with Gasteiger partial charge in [0.1, 0.15) is 0 Å². The first-order valence-corrected chi connectivity index (χ1v) is 6.02. The van der Waals surface area contributed by atoms with E-state index in [0.29, 0.717) is 0 Å². The number of hydrogen-bond acceptors (Lipinski definition) is 4. The summed E-state index contributed by atoms with van der Waals surface area (Å²) in [6.45, 7) is 9.51. The molecule has 0 rings (SSSR count). The monoisotopic (exact) mass is 248 g/mol. The Hall–Kier alpha value is -0.810. The molecule has 17 heavy (non-hydrogen) atoms. The first kappa shape index (κ1) is 16.2. The van der Waals surface area contributed by atoms with Crippen molar-refractivity contribution in [2.24, 2.45) is 5.92 Å². The fraction of sp³-hybridized carbons (Fsp3) is 0.917. The van der Waals surface area contributed by atoms with Crippen molar-refractivity contribution in [3.63, 3.8) is 0 Å². The Morgan fingerprint density at radius 1 is 1.35 bits per heavy atom. The van der Waals surface area contributed by atoms with E-state index in [1.807, 2.05) is 13.8 Å². The minimum Gasteiger partial charge on any atom is -0.450 e. The summed E-state index contributed by atoms with van der Waals surface area (Å²) in [4.78, 5) is 20.8. The number of ether oxygens (including phenoxy) is 1. The molecule has 0 saturated carbocycles. The van der Waals surface area contributed by atoms with Crippen molar-refractivity contribution in [3.05, 3.63) is 0 Å². The standard InChI is InChI=1S/C12H24O5/c1-6-7-8-12(4,5)17-16-10(9(2)3)15-11(13)14/h9-10H,6-8H2,1-5H3,(H,13,14). The van der Waals surface area contributed by atoms with Crippen LogP contribution < -0.4 is 0 Å². The van der Waals surface area contributed by atoms with Crippen molar-refractivity contribution in [1.29, 1.82) is 0 Å². The molecule has 0 heterocycles. The van der Waals surface area contributed by atoms with Crippen LogP contribution in [0.3, 0.4) is 0 Å². The van der Waals surface area contributed by atoms with Gasteiger partial charge < -0.3 is 9.84 Å². The van der Waals surface area contributed by atoms with Crippen molar-refractivity contribution in [3.8, 4) is 0 Å². The van der Waals surface area contributed by atoms with E-state index in [4.69, 9.17) is 14.9 Å². The molecular weight excluding hydrogens is 224 g/mol. The molecule has 102 valence electrons. The maximum atomic E-state index is 10.5. The van der Waals surface area contributed by atoms with E-state index in [2.05, 4.69) is 11.7 Å². The van der Waals surface area contributed by atoms with Crippen LogP contribution >= 0.6 is 0 Å². The van der Waals surface area contributed by atoms with Crippen LogP contribution in [0.15, 0.2) is 0 Å². The fourth-order valence-electron chi connectivity index (χ4n) is 1.19. The van der Waals surface area contributed by atoms with E-state index in [1.165, 1.54) is 0 Å². The molecule has 0 amide bonds. The molecule has 1 N–H and O–H groups in total. The van der Waals surface area contributed by atoms with Crippen molar-refractivity contribution in [2.75, 3.05) is 0 Å². The lowest BCUT2D eigenvalue weighted by atomic mass is 10.0. The van der Waals surface area contributed by atoms with Gasteiger partial charge in [-0.25, -0.2) is 9.68 Å². The van der Waals surface area contributed by atoms with Gasteiger partial charge in [-0.3, -0.25) is 0 Å². The number of hydrogen-bond donors (Lipinski definition) is 1. The van der Waals surface area contributed by atoms with Crippen LogP contribution in [0.1, 0.15) is 53.9 Å². The molecule has 0 saturated heterocycles. The summed E-state index contributed by atoms with van der Waals surface area (Å²) >= 11 is 0. The van der Waals surface area contributed by atoms with Crippen molar-refractivity contribution < 1.29 is 24.4 Å². The van der Waals surface area contributed by atoms with Gasteiger partial charge in [-0.2, -0.15) is 4.89 Å². The minimum atomic E-state index is -1.36. The Labute approximate surface area is 103 Å². The normalized spacial score (nSPS) is 13.8. The minimum absolute atomic E-state index is 0.104. The van der Waals surface area contributed by atoms with Crippen LogP contribution in [0.4, 0.5) is 4.79 Å². The first-order valence-electron chi connectivity index (χ1n) is 6.02. The summed E-state index contributed by atoms with van der Waals surface area (Å²) in [6, 6.07) is 0. The van der Waals surface area contributed by atoms with Gasteiger partial charge in [0.25, 0.3) is 0 Å². The van der Waals surface area contributed by atoms with Crippen LogP contribution in [0.25, 0.3) is 0 Å². The molecule has 5 heteroatoms. The van der Waals surface area contributed by atoms with Crippen LogP contribution in [0.2, 0.25) is 0 Å². The summed E-state index contributed by atoms with van der Waals surface area (Å²) < 4.78 is 4.58. The van der Waals surface area contributed by atoms with Gasteiger partial charge in [0.05, 0.1) is 5.60 Å². The third-order valence-electron chi connectivity index (χ3n) is 2.26. The molecule has 0 aromatic carbocycles. The van der Waals surface area contributed by atoms with E-state index < -0.39 is 18.0 Å². The fourth-order valence-corrected chi connectivity index (χ4v) is 1.19. The largest absolute Gasteiger partial charge is 0.508 e. The molecule has 0 spiro atoms. The topological polar surface area (TPSA) is 65.0 Å².